The van der Waals surface area contributed by atoms with Crippen molar-refractivity contribution in [2.75, 3.05) is 0 Å². The Morgan fingerprint density at radius 1 is 1.64 bits per heavy atom. The third-order valence-corrected chi connectivity index (χ3v) is 2.91. The van der Waals surface area contributed by atoms with E-state index in [0.29, 0.717) is 5.92 Å². The summed E-state index contributed by atoms with van der Waals surface area (Å²) in [7, 11) is 0. The number of aliphatic hydroxyl groups excluding tert-OH is 1. The van der Waals surface area contributed by atoms with Crippen molar-refractivity contribution in [3.63, 3.8) is 0 Å². The predicted molar refractivity (Wildman–Crippen MR) is 55.0 cm³/mol. The number of hydrogen-bond acceptors (Lipinski definition) is 2. The number of nitrogens with zero attached hydrogens (tertiary/aromatic N) is 2. The summed E-state index contributed by atoms with van der Waals surface area (Å²) >= 11 is 0. The van der Waals surface area contributed by atoms with Gasteiger partial charge in [0, 0.05) is 12.7 Å². The fourth-order valence-electron chi connectivity index (χ4n) is 1.74. The molecule has 0 amide bonds. The summed E-state index contributed by atoms with van der Waals surface area (Å²) in [6.07, 6.45) is 8.17. The second kappa shape index (κ2) is 4.13. The molecule has 78 valence electrons. The number of hydrogen-bond donors (Lipinski definition) is 1. The van der Waals surface area contributed by atoms with Crippen LogP contribution in [0.15, 0.2) is 12.4 Å². The molecule has 1 aliphatic rings. The van der Waals surface area contributed by atoms with E-state index in [0.717, 1.165) is 19.4 Å². The van der Waals surface area contributed by atoms with Crippen LogP contribution in [0, 0.1) is 5.92 Å². The maximum Gasteiger partial charge on any atom is 0.0571 e. The molecule has 1 heterocycles. The minimum Gasteiger partial charge on any atom is -0.393 e. The highest BCUT2D eigenvalue weighted by Crippen LogP contribution is 2.34. The highest BCUT2D eigenvalue weighted by molar-refractivity contribution is 5.04. The molecule has 1 aromatic heterocycles. The summed E-state index contributed by atoms with van der Waals surface area (Å²) < 4.78 is 1.93. The number of aliphatic hydroxyl groups is 1. The van der Waals surface area contributed by atoms with Gasteiger partial charge in [0.2, 0.25) is 0 Å². The third kappa shape index (κ3) is 2.35. The lowest BCUT2D eigenvalue weighted by Gasteiger charge is -2.06. The van der Waals surface area contributed by atoms with Crippen molar-refractivity contribution in [2.45, 2.75) is 45.3 Å². The number of aryl methyl sites for hydroxylation is 2. The number of rotatable bonds is 5. The Balaban J connectivity index is 1.78. The van der Waals surface area contributed by atoms with E-state index >= 15 is 0 Å². The molecular formula is C11H18N2O. The molecule has 1 aromatic rings. The van der Waals surface area contributed by atoms with Crippen molar-refractivity contribution in [3.05, 3.63) is 18.0 Å². The van der Waals surface area contributed by atoms with Crippen LogP contribution in [0.25, 0.3) is 0 Å². The van der Waals surface area contributed by atoms with E-state index in [1.807, 2.05) is 10.9 Å². The normalized spacial score (nSPS) is 18.4. The quantitative estimate of drug-likeness (QED) is 0.773. The van der Waals surface area contributed by atoms with Crippen LogP contribution in [0.5, 0.6) is 0 Å². The summed E-state index contributed by atoms with van der Waals surface area (Å²) in [5, 5.41) is 13.9. The van der Waals surface area contributed by atoms with Gasteiger partial charge in [0.25, 0.3) is 0 Å². The molecule has 1 fully saturated rings. The summed E-state index contributed by atoms with van der Waals surface area (Å²) in [6, 6.07) is 0. The van der Waals surface area contributed by atoms with E-state index in [1.54, 1.807) is 0 Å². The van der Waals surface area contributed by atoms with Crippen LogP contribution in [0.4, 0.5) is 0 Å². The van der Waals surface area contributed by atoms with Crippen LogP contribution in [-0.4, -0.2) is 21.0 Å². The molecule has 2 rings (SSSR count). The van der Waals surface area contributed by atoms with Gasteiger partial charge >= 0.3 is 0 Å². The standard InChI is InChI=1S/C11H18N2O/c1-2-13-8-9(7-12-13)3-6-11(14)10-4-5-10/h7-8,10-11,14H,2-6H2,1H3. The van der Waals surface area contributed by atoms with E-state index in [1.165, 1.54) is 18.4 Å². The van der Waals surface area contributed by atoms with Crippen LogP contribution >= 0.6 is 0 Å². The second-order valence-corrected chi connectivity index (χ2v) is 4.15. The van der Waals surface area contributed by atoms with Crippen LogP contribution in [-0.2, 0) is 13.0 Å². The van der Waals surface area contributed by atoms with Crippen LogP contribution in [0.3, 0.4) is 0 Å². The molecule has 1 atom stereocenters. The van der Waals surface area contributed by atoms with Gasteiger partial charge in [-0.25, -0.2) is 0 Å². The molecule has 0 radical (unpaired) electrons. The molecule has 3 nitrogen and oxygen atoms in total. The van der Waals surface area contributed by atoms with Crippen LogP contribution in [0.2, 0.25) is 0 Å². The summed E-state index contributed by atoms with van der Waals surface area (Å²) in [4.78, 5) is 0. The molecule has 3 heteroatoms. The minimum atomic E-state index is -0.0834. The number of aromatic nitrogens is 2. The minimum absolute atomic E-state index is 0.0834. The Bertz CT molecular complexity index is 291. The third-order valence-electron chi connectivity index (χ3n) is 2.91. The van der Waals surface area contributed by atoms with Crippen molar-refractivity contribution in [2.24, 2.45) is 5.92 Å². The Kier molecular flexibility index (Phi) is 2.87. The highest BCUT2D eigenvalue weighted by Gasteiger charge is 2.29. The van der Waals surface area contributed by atoms with Gasteiger partial charge in [0.1, 0.15) is 0 Å². The SMILES string of the molecule is CCn1cc(CCC(O)C2CC2)cn1. The lowest BCUT2D eigenvalue weighted by molar-refractivity contribution is 0.142. The molecular weight excluding hydrogens is 176 g/mol. The first-order valence-corrected chi connectivity index (χ1v) is 5.49. The molecule has 1 N–H and O–H groups in total. The van der Waals surface area contributed by atoms with Crippen molar-refractivity contribution in [1.29, 1.82) is 0 Å². The maximum absolute atomic E-state index is 9.69. The molecule has 1 unspecified atom stereocenters. The lowest BCUT2D eigenvalue weighted by atomic mass is 10.1. The average Bonchev–Trinajstić information content (AvgIpc) is 2.94. The van der Waals surface area contributed by atoms with Crippen LogP contribution in [0.1, 0.15) is 31.7 Å². The van der Waals surface area contributed by atoms with E-state index in [9.17, 15) is 5.11 Å². The molecule has 0 bridgehead atoms. The van der Waals surface area contributed by atoms with E-state index in [4.69, 9.17) is 0 Å². The van der Waals surface area contributed by atoms with E-state index in [2.05, 4.69) is 18.2 Å². The molecule has 0 aromatic carbocycles. The molecule has 1 aliphatic carbocycles. The topological polar surface area (TPSA) is 38.0 Å². The van der Waals surface area contributed by atoms with Crippen LogP contribution < -0.4 is 0 Å². The Hall–Kier alpha value is -0.830. The zero-order valence-corrected chi connectivity index (χ0v) is 8.69. The first kappa shape index (κ1) is 9.71. The predicted octanol–water partition coefficient (Wildman–Crippen LogP) is 1.61. The van der Waals surface area contributed by atoms with Gasteiger partial charge in [-0.2, -0.15) is 5.10 Å². The van der Waals surface area contributed by atoms with Gasteiger partial charge in [-0.3, -0.25) is 4.68 Å². The van der Waals surface area contributed by atoms with Gasteiger partial charge < -0.3 is 5.11 Å². The fraction of sp³-hybridized carbons (Fsp3) is 0.727. The zero-order valence-electron chi connectivity index (χ0n) is 8.69. The fourth-order valence-corrected chi connectivity index (χ4v) is 1.74. The lowest BCUT2D eigenvalue weighted by Crippen LogP contribution is -2.09. The molecule has 0 saturated heterocycles. The van der Waals surface area contributed by atoms with Crippen molar-refractivity contribution in [3.8, 4) is 0 Å². The van der Waals surface area contributed by atoms with Gasteiger partial charge in [0.15, 0.2) is 0 Å². The van der Waals surface area contributed by atoms with Crippen molar-refractivity contribution >= 4 is 0 Å². The van der Waals surface area contributed by atoms with Crippen molar-refractivity contribution < 1.29 is 5.11 Å². The Morgan fingerprint density at radius 2 is 2.43 bits per heavy atom. The largest absolute Gasteiger partial charge is 0.393 e. The summed E-state index contributed by atoms with van der Waals surface area (Å²) in [6.45, 7) is 3.00. The van der Waals surface area contributed by atoms with E-state index < -0.39 is 0 Å². The van der Waals surface area contributed by atoms with Gasteiger partial charge in [-0.05, 0) is 44.1 Å². The maximum atomic E-state index is 9.69. The summed E-state index contributed by atoms with van der Waals surface area (Å²) in [5.74, 6) is 0.594. The zero-order chi connectivity index (χ0) is 9.97. The van der Waals surface area contributed by atoms with Crippen molar-refractivity contribution in [1.82, 2.24) is 9.78 Å². The highest BCUT2D eigenvalue weighted by atomic mass is 16.3. The van der Waals surface area contributed by atoms with E-state index in [-0.39, 0.29) is 6.10 Å². The Labute approximate surface area is 84.7 Å². The summed E-state index contributed by atoms with van der Waals surface area (Å²) in [5.41, 5.74) is 1.24. The Morgan fingerprint density at radius 3 is 3.00 bits per heavy atom. The second-order valence-electron chi connectivity index (χ2n) is 4.15. The van der Waals surface area contributed by atoms with Gasteiger partial charge in [0.05, 0.1) is 12.3 Å². The molecule has 14 heavy (non-hydrogen) atoms. The average molecular weight is 194 g/mol. The van der Waals surface area contributed by atoms with Gasteiger partial charge in [-0.1, -0.05) is 0 Å². The van der Waals surface area contributed by atoms with Gasteiger partial charge in [-0.15, -0.1) is 0 Å². The first-order chi connectivity index (χ1) is 6.79. The monoisotopic (exact) mass is 194 g/mol. The smallest absolute Gasteiger partial charge is 0.0571 e. The molecule has 0 spiro atoms. The molecule has 1 saturated carbocycles. The first-order valence-electron chi connectivity index (χ1n) is 5.49. The molecule has 0 aliphatic heterocycles.